The van der Waals surface area contributed by atoms with Gasteiger partial charge in [0.05, 0.1) is 10.5 Å². The molecule has 5 nitrogen and oxygen atoms in total. The Bertz CT molecular complexity index is 456. The number of hydrogen-bond acceptors (Lipinski definition) is 4. The highest BCUT2D eigenvalue weighted by molar-refractivity contribution is 5.61. The van der Waals surface area contributed by atoms with Gasteiger partial charge in [0.15, 0.2) is 6.29 Å². The van der Waals surface area contributed by atoms with Gasteiger partial charge in [-0.2, -0.15) is 0 Å². The van der Waals surface area contributed by atoms with E-state index in [1.165, 1.54) is 30.4 Å². The van der Waals surface area contributed by atoms with Crippen LogP contribution in [0.2, 0.25) is 0 Å². The standard InChI is InChI=1S/C13H16FNO4/c1-3-18-13(19-4-2)9-8-10-11(14)6-5-7-12(10)15(16)17/h5-9,13H,3-4H2,1-2H3. The van der Waals surface area contributed by atoms with Crippen LogP contribution in [0, 0.1) is 15.9 Å². The second-order valence-electron chi connectivity index (χ2n) is 3.57. The summed E-state index contributed by atoms with van der Waals surface area (Å²) >= 11 is 0. The molecule has 0 aliphatic rings. The summed E-state index contributed by atoms with van der Waals surface area (Å²) in [6.07, 6.45) is 2.12. The summed E-state index contributed by atoms with van der Waals surface area (Å²) in [7, 11) is 0. The van der Waals surface area contributed by atoms with E-state index in [0.29, 0.717) is 13.2 Å². The van der Waals surface area contributed by atoms with Crippen LogP contribution >= 0.6 is 0 Å². The predicted octanol–water partition coefficient (Wildman–Crippen LogP) is 3.15. The summed E-state index contributed by atoms with van der Waals surface area (Å²) in [4.78, 5) is 10.2. The van der Waals surface area contributed by atoms with E-state index in [1.807, 2.05) is 0 Å². The summed E-state index contributed by atoms with van der Waals surface area (Å²) < 4.78 is 24.1. The molecule has 104 valence electrons. The number of nitro benzene ring substituents is 1. The van der Waals surface area contributed by atoms with E-state index in [2.05, 4.69) is 0 Å². The van der Waals surface area contributed by atoms with Gasteiger partial charge >= 0.3 is 0 Å². The molecule has 0 aliphatic heterocycles. The van der Waals surface area contributed by atoms with Gasteiger partial charge in [0, 0.05) is 19.3 Å². The van der Waals surface area contributed by atoms with E-state index in [-0.39, 0.29) is 11.3 Å². The van der Waals surface area contributed by atoms with Crippen LogP contribution in [0.4, 0.5) is 10.1 Å². The minimum atomic E-state index is -0.655. The minimum absolute atomic E-state index is 0.0862. The van der Waals surface area contributed by atoms with E-state index >= 15 is 0 Å². The van der Waals surface area contributed by atoms with E-state index in [0.717, 1.165) is 0 Å². The third-order valence-electron chi connectivity index (χ3n) is 2.31. The van der Waals surface area contributed by atoms with Crippen LogP contribution in [0.15, 0.2) is 24.3 Å². The number of hydrogen-bond donors (Lipinski definition) is 0. The minimum Gasteiger partial charge on any atom is -0.349 e. The number of rotatable bonds is 7. The van der Waals surface area contributed by atoms with Crippen molar-refractivity contribution in [3.05, 3.63) is 45.8 Å². The topological polar surface area (TPSA) is 61.6 Å². The van der Waals surface area contributed by atoms with E-state index < -0.39 is 17.0 Å². The first-order valence-electron chi connectivity index (χ1n) is 5.94. The number of nitrogens with zero attached hydrogens (tertiary/aromatic N) is 1. The lowest BCUT2D eigenvalue weighted by atomic mass is 10.1. The van der Waals surface area contributed by atoms with Gasteiger partial charge in [-0.3, -0.25) is 10.1 Å². The quantitative estimate of drug-likeness (QED) is 0.433. The van der Waals surface area contributed by atoms with Gasteiger partial charge < -0.3 is 9.47 Å². The highest BCUT2D eigenvalue weighted by Crippen LogP contribution is 2.23. The molecule has 0 bridgehead atoms. The van der Waals surface area contributed by atoms with Gasteiger partial charge in [0.2, 0.25) is 0 Å². The highest BCUT2D eigenvalue weighted by Gasteiger charge is 2.15. The van der Waals surface area contributed by atoms with Crippen molar-refractivity contribution in [2.24, 2.45) is 0 Å². The summed E-state index contributed by atoms with van der Waals surface area (Å²) in [6.45, 7) is 4.44. The summed E-state index contributed by atoms with van der Waals surface area (Å²) in [5.74, 6) is -0.655. The lowest BCUT2D eigenvalue weighted by molar-refractivity contribution is -0.385. The number of halogens is 1. The Morgan fingerprint density at radius 1 is 1.37 bits per heavy atom. The second kappa shape index (κ2) is 7.60. The van der Waals surface area contributed by atoms with Crippen molar-refractivity contribution in [3.63, 3.8) is 0 Å². The highest BCUT2D eigenvalue weighted by atomic mass is 19.1. The molecule has 0 aliphatic carbocycles. The Hall–Kier alpha value is -1.79. The third-order valence-corrected chi connectivity index (χ3v) is 2.31. The first-order chi connectivity index (χ1) is 9.10. The SMILES string of the molecule is CCOC(C=Cc1c(F)cccc1[N+](=O)[O-])OCC. The maximum Gasteiger partial charge on any atom is 0.279 e. The van der Waals surface area contributed by atoms with Gasteiger partial charge in [-0.1, -0.05) is 6.07 Å². The molecule has 0 spiro atoms. The lowest BCUT2D eigenvalue weighted by Gasteiger charge is -2.12. The third kappa shape index (κ3) is 4.42. The van der Waals surface area contributed by atoms with Crippen LogP contribution in [-0.4, -0.2) is 24.4 Å². The van der Waals surface area contributed by atoms with Crippen molar-refractivity contribution in [2.45, 2.75) is 20.1 Å². The monoisotopic (exact) mass is 269 g/mol. The Balaban J connectivity index is 2.99. The smallest absolute Gasteiger partial charge is 0.279 e. The molecule has 0 aromatic heterocycles. The average Bonchev–Trinajstić information content (AvgIpc) is 2.37. The lowest BCUT2D eigenvalue weighted by Crippen LogP contribution is -2.14. The molecule has 1 aromatic carbocycles. The first kappa shape index (κ1) is 15.3. The number of ether oxygens (including phenoxy) is 2. The summed E-state index contributed by atoms with van der Waals surface area (Å²) in [5, 5.41) is 10.8. The molecule has 0 saturated heterocycles. The first-order valence-corrected chi connectivity index (χ1v) is 5.94. The molecule has 0 unspecified atom stereocenters. The zero-order chi connectivity index (χ0) is 14.3. The largest absolute Gasteiger partial charge is 0.349 e. The van der Waals surface area contributed by atoms with Crippen molar-refractivity contribution in [3.8, 4) is 0 Å². The van der Waals surface area contributed by atoms with Gasteiger partial charge in [-0.25, -0.2) is 4.39 Å². The van der Waals surface area contributed by atoms with Crippen molar-refractivity contribution >= 4 is 11.8 Å². The zero-order valence-electron chi connectivity index (χ0n) is 10.8. The van der Waals surface area contributed by atoms with Gasteiger partial charge in [-0.15, -0.1) is 0 Å². The number of nitro groups is 1. The summed E-state index contributed by atoms with van der Waals surface area (Å²) in [5.41, 5.74) is -0.375. The summed E-state index contributed by atoms with van der Waals surface area (Å²) in [6, 6.07) is 3.72. The van der Waals surface area contributed by atoms with Crippen molar-refractivity contribution in [2.75, 3.05) is 13.2 Å². The molecule has 0 heterocycles. The molecule has 19 heavy (non-hydrogen) atoms. The Morgan fingerprint density at radius 3 is 2.53 bits per heavy atom. The van der Waals surface area contributed by atoms with Gasteiger partial charge in [0.1, 0.15) is 5.82 Å². The molecule has 0 radical (unpaired) electrons. The molecule has 1 rings (SSSR count). The maximum absolute atomic E-state index is 13.6. The molecule has 0 fully saturated rings. The van der Waals surface area contributed by atoms with Crippen molar-refractivity contribution < 1.29 is 18.8 Å². The van der Waals surface area contributed by atoms with Crippen LogP contribution in [0.5, 0.6) is 0 Å². The average molecular weight is 269 g/mol. The second-order valence-corrected chi connectivity index (χ2v) is 3.57. The van der Waals surface area contributed by atoms with Crippen LogP contribution in [0.1, 0.15) is 19.4 Å². The Morgan fingerprint density at radius 2 is 2.00 bits per heavy atom. The Kier molecular flexibility index (Phi) is 6.11. The zero-order valence-corrected chi connectivity index (χ0v) is 10.8. The van der Waals surface area contributed by atoms with Gasteiger partial charge in [0.25, 0.3) is 5.69 Å². The van der Waals surface area contributed by atoms with Gasteiger partial charge in [-0.05, 0) is 32.1 Å². The fraction of sp³-hybridized carbons (Fsp3) is 0.385. The van der Waals surface area contributed by atoms with E-state index in [1.54, 1.807) is 13.8 Å². The van der Waals surface area contributed by atoms with Crippen molar-refractivity contribution in [1.29, 1.82) is 0 Å². The normalized spacial score (nSPS) is 11.4. The molecule has 6 heteroatoms. The van der Waals surface area contributed by atoms with Crippen LogP contribution in [0.3, 0.4) is 0 Å². The van der Waals surface area contributed by atoms with Crippen molar-refractivity contribution in [1.82, 2.24) is 0 Å². The Labute approximate surface area is 110 Å². The molecule has 0 saturated carbocycles. The molecule has 1 aromatic rings. The molecular weight excluding hydrogens is 253 g/mol. The maximum atomic E-state index is 13.6. The predicted molar refractivity (Wildman–Crippen MR) is 69.1 cm³/mol. The van der Waals surface area contributed by atoms with E-state index in [4.69, 9.17) is 9.47 Å². The van der Waals surface area contributed by atoms with E-state index in [9.17, 15) is 14.5 Å². The van der Waals surface area contributed by atoms with Crippen LogP contribution < -0.4 is 0 Å². The fourth-order valence-corrected chi connectivity index (χ4v) is 1.51. The molecule has 0 N–H and O–H groups in total. The van der Waals surface area contributed by atoms with Crippen LogP contribution in [0.25, 0.3) is 6.08 Å². The number of benzene rings is 1. The fourth-order valence-electron chi connectivity index (χ4n) is 1.51. The van der Waals surface area contributed by atoms with Crippen LogP contribution in [-0.2, 0) is 9.47 Å². The molecule has 0 atom stereocenters. The molecular formula is C13H16FNO4. The molecule has 0 amide bonds.